The molecule has 0 bridgehead atoms. The van der Waals surface area contributed by atoms with Crippen LogP contribution in [0.25, 0.3) is 0 Å². The molecule has 2 rings (SSSR count). The third-order valence-corrected chi connectivity index (χ3v) is 5.10. The Labute approximate surface area is 120 Å². The topological polar surface area (TPSA) is 71.5 Å². The minimum atomic E-state index is -3.27. The Bertz CT molecular complexity index is 501. The van der Waals surface area contributed by atoms with Crippen molar-refractivity contribution in [2.24, 2.45) is 0 Å². The number of morpholine rings is 1. The summed E-state index contributed by atoms with van der Waals surface area (Å²) in [6.45, 7) is 2.54. The van der Waals surface area contributed by atoms with Crippen molar-refractivity contribution in [3.63, 3.8) is 0 Å². The smallest absolute Gasteiger partial charge is 0.214 e. The van der Waals surface area contributed by atoms with E-state index in [4.69, 9.17) is 4.74 Å². The average Bonchev–Trinajstić information content (AvgIpc) is 2.47. The van der Waals surface area contributed by atoms with Crippen molar-refractivity contribution in [3.8, 4) is 0 Å². The van der Waals surface area contributed by atoms with Crippen LogP contribution in [0.1, 0.15) is 5.69 Å². The van der Waals surface area contributed by atoms with Crippen molar-refractivity contribution in [1.82, 2.24) is 14.6 Å². The summed E-state index contributed by atoms with van der Waals surface area (Å²) in [4.78, 5) is 4.14. The van der Waals surface area contributed by atoms with E-state index >= 15 is 0 Å². The van der Waals surface area contributed by atoms with Gasteiger partial charge in [0.25, 0.3) is 0 Å². The molecule has 6 nitrogen and oxygen atoms in total. The van der Waals surface area contributed by atoms with Gasteiger partial charge in [-0.3, -0.25) is 4.98 Å². The number of hydrogen-bond acceptors (Lipinski definition) is 5. The van der Waals surface area contributed by atoms with Crippen LogP contribution in [0.4, 0.5) is 0 Å². The molecule has 1 fully saturated rings. The molecular formula is C13H21N3O3S. The zero-order chi connectivity index (χ0) is 14.4. The fraction of sp³-hybridized carbons (Fsp3) is 0.615. The second kappa shape index (κ2) is 7.12. The van der Waals surface area contributed by atoms with Crippen LogP contribution >= 0.6 is 0 Å². The Balaban J connectivity index is 1.85. The predicted octanol–water partition coefficient (Wildman–Crippen LogP) is -0.126. The maximum atomic E-state index is 12.2. The highest BCUT2D eigenvalue weighted by Gasteiger charge is 2.23. The van der Waals surface area contributed by atoms with E-state index in [0.717, 1.165) is 12.2 Å². The molecule has 1 saturated heterocycles. The first-order valence-electron chi connectivity index (χ1n) is 6.74. The monoisotopic (exact) mass is 299 g/mol. The van der Waals surface area contributed by atoms with E-state index in [-0.39, 0.29) is 11.9 Å². The standard InChI is InChI=1S/C13H21N3O3S/c1-16(11-13-10-14-7-8-19-13)20(17,18)9-5-12-4-2-3-6-15-12/h2-4,6,13-14H,5,7-11H2,1H3. The molecular weight excluding hydrogens is 278 g/mol. The van der Waals surface area contributed by atoms with Crippen LogP contribution in [0, 0.1) is 0 Å². The molecule has 0 amide bonds. The van der Waals surface area contributed by atoms with Crippen molar-refractivity contribution in [3.05, 3.63) is 30.1 Å². The van der Waals surface area contributed by atoms with E-state index in [1.807, 2.05) is 18.2 Å². The van der Waals surface area contributed by atoms with Crippen molar-refractivity contribution < 1.29 is 13.2 Å². The summed E-state index contributed by atoms with van der Waals surface area (Å²) in [5, 5.41) is 3.19. The normalized spacial score (nSPS) is 20.2. The molecule has 1 aromatic heterocycles. The summed E-state index contributed by atoms with van der Waals surface area (Å²) in [6, 6.07) is 5.52. The highest BCUT2D eigenvalue weighted by atomic mass is 32.2. The van der Waals surface area contributed by atoms with E-state index < -0.39 is 10.0 Å². The molecule has 0 spiro atoms. The summed E-state index contributed by atoms with van der Waals surface area (Å²) in [7, 11) is -1.67. The molecule has 1 N–H and O–H groups in total. The third-order valence-electron chi connectivity index (χ3n) is 3.28. The quantitative estimate of drug-likeness (QED) is 0.792. The molecule has 0 aromatic carbocycles. The number of nitrogens with zero attached hydrogens (tertiary/aromatic N) is 2. The Morgan fingerprint density at radius 3 is 3.00 bits per heavy atom. The highest BCUT2D eigenvalue weighted by Crippen LogP contribution is 2.06. The molecule has 2 heterocycles. The van der Waals surface area contributed by atoms with E-state index in [1.54, 1.807) is 13.2 Å². The van der Waals surface area contributed by atoms with E-state index in [2.05, 4.69) is 10.3 Å². The molecule has 0 aliphatic carbocycles. The predicted molar refractivity (Wildman–Crippen MR) is 77.0 cm³/mol. The number of pyridine rings is 1. The van der Waals surface area contributed by atoms with Crippen LogP contribution in [-0.2, 0) is 21.2 Å². The lowest BCUT2D eigenvalue weighted by Gasteiger charge is -2.27. The molecule has 1 atom stereocenters. The minimum Gasteiger partial charge on any atom is -0.374 e. The van der Waals surface area contributed by atoms with Crippen LogP contribution in [-0.4, -0.2) is 62.9 Å². The van der Waals surface area contributed by atoms with Crippen molar-refractivity contribution >= 4 is 10.0 Å². The van der Waals surface area contributed by atoms with Gasteiger partial charge in [0, 0.05) is 45.0 Å². The van der Waals surface area contributed by atoms with Crippen LogP contribution in [0.2, 0.25) is 0 Å². The molecule has 1 unspecified atom stereocenters. The van der Waals surface area contributed by atoms with Gasteiger partial charge in [0.2, 0.25) is 10.0 Å². The van der Waals surface area contributed by atoms with Gasteiger partial charge in [-0.2, -0.15) is 0 Å². The first-order valence-corrected chi connectivity index (χ1v) is 8.35. The highest BCUT2D eigenvalue weighted by molar-refractivity contribution is 7.89. The lowest BCUT2D eigenvalue weighted by atomic mass is 10.3. The number of rotatable bonds is 6. The van der Waals surface area contributed by atoms with Gasteiger partial charge in [-0.15, -0.1) is 0 Å². The molecule has 20 heavy (non-hydrogen) atoms. The number of aromatic nitrogens is 1. The largest absolute Gasteiger partial charge is 0.374 e. The van der Waals surface area contributed by atoms with E-state index in [0.29, 0.717) is 26.1 Å². The van der Waals surface area contributed by atoms with Gasteiger partial charge in [0.15, 0.2) is 0 Å². The summed E-state index contributed by atoms with van der Waals surface area (Å²) in [5.74, 6) is 0.0701. The second-order valence-corrected chi connectivity index (χ2v) is 7.06. The molecule has 0 radical (unpaired) electrons. The van der Waals surface area contributed by atoms with Crippen LogP contribution < -0.4 is 5.32 Å². The summed E-state index contributed by atoms with van der Waals surface area (Å²) in [6.07, 6.45) is 2.03. The van der Waals surface area contributed by atoms with Gasteiger partial charge in [-0.1, -0.05) is 6.07 Å². The van der Waals surface area contributed by atoms with Gasteiger partial charge >= 0.3 is 0 Å². The Kier molecular flexibility index (Phi) is 5.47. The molecule has 1 aliphatic rings. The molecule has 0 saturated carbocycles. The number of ether oxygens (including phenoxy) is 1. The maximum Gasteiger partial charge on any atom is 0.214 e. The second-order valence-electron chi connectivity index (χ2n) is 4.86. The summed E-state index contributed by atoms with van der Waals surface area (Å²) < 4.78 is 31.3. The fourth-order valence-corrected chi connectivity index (χ4v) is 3.24. The SMILES string of the molecule is CN(CC1CNCCO1)S(=O)(=O)CCc1ccccn1. The van der Waals surface area contributed by atoms with Gasteiger partial charge in [0.05, 0.1) is 18.5 Å². The third kappa shape index (κ3) is 4.52. The zero-order valence-electron chi connectivity index (χ0n) is 11.7. The molecule has 7 heteroatoms. The molecule has 1 aliphatic heterocycles. The lowest BCUT2D eigenvalue weighted by Crippen LogP contribution is -2.46. The Hall–Kier alpha value is -1.02. The van der Waals surface area contributed by atoms with Crippen molar-refractivity contribution in [1.29, 1.82) is 0 Å². The van der Waals surface area contributed by atoms with Crippen LogP contribution in [0.15, 0.2) is 24.4 Å². The summed E-state index contributed by atoms with van der Waals surface area (Å²) >= 11 is 0. The first kappa shape index (κ1) is 15.4. The van der Waals surface area contributed by atoms with Gasteiger partial charge < -0.3 is 10.1 Å². The number of aryl methyl sites for hydroxylation is 1. The maximum absolute atomic E-state index is 12.2. The molecule has 112 valence electrons. The van der Waals surface area contributed by atoms with Gasteiger partial charge in [-0.25, -0.2) is 12.7 Å². The average molecular weight is 299 g/mol. The van der Waals surface area contributed by atoms with Gasteiger partial charge in [-0.05, 0) is 12.1 Å². The van der Waals surface area contributed by atoms with Crippen LogP contribution in [0.5, 0.6) is 0 Å². The minimum absolute atomic E-state index is 0.0701. The lowest BCUT2D eigenvalue weighted by molar-refractivity contribution is 0.0206. The van der Waals surface area contributed by atoms with Gasteiger partial charge in [0.1, 0.15) is 0 Å². The van der Waals surface area contributed by atoms with Crippen molar-refractivity contribution in [2.45, 2.75) is 12.5 Å². The van der Waals surface area contributed by atoms with E-state index in [1.165, 1.54) is 4.31 Å². The number of nitrogens with one attached hydrogen (secondary N) is 1. The Morgan fingerprint density at radius 2 is 2.35 bits per heavy atom. The van der Waals surface area contributed by atoms with E-state index in [9.17, 15) is 8.42 Å². The zero-order valence-corrected chi connectivity index (χ0v) is 12.5. The molecule has 1 aromatic rings. The van der Waals surface area contributed by atoms with Crippen molar-refractivity contribution in [2.75, 3.05) is 39.0 Å². The number of hydrogen-bond donors (Lipinski definition) is 1. The first-order chi connectivity index (χ1) is 9.58. The summed E-state index contributed by atoms with van der Waals surface area (Å²) in [5.41, 5.74) is 0.792. The number of sulfonamides is 1. The Morgan fingerprint density at radius 1 is 1.50 bits per heavy atom. The van der Waals surface area contributed by atoms with Crippen LogP contribution in [0.3, 0.4) is 0 Å². The number of likely N-dealkylation sites (N-methyl/N-ethyl adjacent to an activating group) is 1. The fourth-order valence-electron chi connectivity index (χ4n) is 2.07.